The van der Waals surface area contributed by atoms with Gasteiger partial charge in [-0.25, -0.2) is 14.0 Å². The van der Waals surface area contributed by atoms with E-state index in [1.165, 1.54) is 12.1 Å². The first-order valence-corrected chi connectivity index (χ1v) is 9.77. The van der Waals surface area contributed by atoms with Crippen molar-refractivity contribution in [3.8, 4) is 0 Å². The average Bonchev–Trinajstić information content (AvgIpc) is 2.63. The Hall–Kier alpha value is -2.06. The quantitative estimate of drug-likeness (QED) is 0.767. The highest BCUT2D eigenvalue weighted by atomic mass is 32.2. The molecule has 0 bridgehead atoms. The van der Waals surface area contributed by atoms with Gasteiger partial charge in [0.25, 0.3) is 0 Å². The molecule has 2 amide bonds. The van der Waals surface area contributed by atoms with E-state index >= 15 is 0 Å². The van der Waals surface area contributed by atoms with Gasteiger partial charge in [0.05, 0.1) is 18.2 Å². The van der Waals surface area contributed by atoms with Gasteiger partial charge in [0.1, 0.15) is 5.82 Å². The van der Waals surface area contributed by atoms with Crippen LogP contribution in [0.3, 0.4) is 0 Å². The van der Waals surface area contributed by atoms with Crippen LogP contribution in [0.1, 0.15) is 18.5 Å². The molecular weight excluding hydrogens is 357 g/mol. The van der Waals surface area contributed by atoms with Crippen LogP contribution >= 0.6 is 11.8 Å². The lowest BCUT2D eigenvalue weighted by molar-refractivity contribution is -0.139. The first-order chi connectivity index (χ1) is 12.6. The largest absolute Gasteiger partial charge is 0.463 e. The fourth-order valence-electron chi connectivity index (χ4n) is 3.08. The number of hydrogen-bond acceptors (Lipinski definition) is 5. The van der Waals surface area contributed by atoms with Crippen LogP contribution in [-0.2, 0) is 9.53 Å². The summed E-state index contributed by atoms with van der Waals surface area (Å²) in [5, 5.41) is 5.53. The predicted molar refractivity (Wildman–Crippen MR) is 98.2 cm³/mol. The van der Waals surface area contributed by atoms with E-state index in [2.05, 4.69) is 15.5 Å². The highest BCUT2D eigenvalue weighted by Crippen LogP contribution is 2.28. The third-order valence-electron chi connectivity index (χ3n) is 4.34. The van der Waals surface area contributed by atoms with E-state index in [9.17, 15) is 14.0 Å². The topological polar surface area (TPSA) is 70.7 Å². The summed E-state index contributed by atoms with van der Waals surface area (Å²) in [6, 6.07) is 4.72. The molecular formula is C18H22FN3O3S. The van der Waals surface area contributed by atoms with E-state index in [0.717, 1.165) is 24.6 Å². The Bertz CT molecular complexity index is 702. The molecule has 2 N–H and O–H groups in total. The van der Waals surface area contributed by atoms with Crippen LogP contribution in [0.4, 0.5) is 9.18 Å². The Labute approximate surface area is 156 Å². The number of hydrogen-bond donors (Lipinski definition) is 2. The molecule has 6 nitrogen and oxygen atoms in total. The number of ether oxygens (including phenoxy) is 1. The molecule has 1 saturated heterocycles. The van der Waals surface area contributed by atoms with Gasteiger partial charge in [0, 0.05) is 36.8 Å². The lowest BCUT2D eigenvalue weighted by Crippen LogP contribution is -2.49. The summed E-state index contributed by atoms with van der Waals surface area (Å²) in [6.07, 6.45) is 0. The van der Waals surface area contributed by atoms with Gasteiger partial charge in [-0.3, -0.25) is 4.90 Å². The number of carbonyl (C=O) groups is 2. The first-order valence-electron chi connectivity index (χ1n) is 8.61. The number of urea groups is 1. The highest BCUT2D eigenvalue weighted by Gasteiger charge is 2.34. The molecule has 0 aliphatic carbocycles. The fraction of sp³-hybridized carbons (Fsp3) is 0.444. The first kappa shape index (κ1) is 18.7. The number of rotatable bonds is 5. The lowest BCUT2D eigenvalue weighted by Gasteiger charge is -2.33. The standard InChI is InChI=1S/C18H22FN3O3S/c1-2-25-17(23)15-14(11-22-7-9-26-10-8-22)20-18(24)21-16(15)12-3-5-13(19)6-4-12/h3-6,16H,2,7-11H2,1H3,(H2,20,21,24)/t16-/m1/s1. The van der Waals surface area contributed by atoms with E-state index in [4.69, 9.17) is 4.74 Å². The van der Waals surface area contributed by atoms with Crippen molar-refractivity contribution in [2.24, 2.45) is 0 Å². The normalized spacial score (nSPS) is 21.2. The number of esters is 1. The summed E-state index contributed by atoms with van der Waals surface area (Å²) < 4.78 is 18.5. The second-order valence-electron chi connectivity index (χ2n) is 6.08. The van der Waals surface area contributed by atoms with Gasteiger partial charge in [0.15, 0.2) is 0 Å². The Morgan fingerprint density at radius 2 is 2.00 bits per heavy atom. The van der Waals surface area contributed by atoms with Crippen LogP contribution in [0.15, 0.2) is 35.5 Å². The van der Waals surface area contributed by atoms with Gasteiger partial charge in [-0.15, -0.1) is 0 Å². The van der Waals surface area contributed by atoms with Gasteiger partial charge in [-0.2, -0.15) is 11.8 Å². The molecule has 1 atom stereocenters. The zero-order chi connectivity index (χ0) is 18.5. The fourth-order valence-corrected chi connectivity index (χ4v) is 4.06. The summed E-state index contributed by atoms with van der Waals surface area (Å²) in [7, 11) is 0. The molecule has 0 spiro atoms. The number of benzene rings is 1. The number of thioether (sulfide) groups is 1. The van der Waals surface area contributed by atoms with Crippen LogP contribution < -0.4 is 10.6 Å². The molecule has 1 aromatic carbocycles. The lowest BCUT2D eigenvalue weighted by atomic mass is 9.95. The number of nitrogens with one attached hydrogen (secondary N) is 2. The summed E-state index contributed by atoms with van der Waals surface area (Å²) in [4.78, 5) is 27.0. The number of carbonyl (C=O) groups excluding carboxylic acids is 2. The van der Waals surface area contributed by atoms with Crippen molar-refractivity contribution in [3.05, 3.63) is 46.9 Å². The number of halogens is 1. The minimum atomic E-state index is -0.669. The van der Waals surface area contributed by atoms with Gasteiger partial charge in [-0.05, 0) is 24.6 Å². The Kier molecular flexibility index (Phi) is 6.16. The molecule has 1 fully saturated rings. The van der Waals surface area contributed by atoms with Crippen molar-refractivity contribution >= 4 is 23.8 Å². The van der Waals surface area contributed by atoms with E-state index in [1.807, 2.05) is 11.8 Å². The van der Waals surface area contributed by atoms with E-state index in [-0.39, 0.29) is 18.5 Å². The highest BCUT2D eigenvalue weighted by molar-refractivity contribution is 7.99. The van der Waals surface area contributed by atoms with Crippen molar-refractivity contribution < 1.29 is 18.7 Å². The molecule has 26 heavy (non-hydrogen) atoms. The maximum atomic E-state index is 13.3. The van der Waals surface area contributed by atoms with Crippen LogP contribution in [0.25, 0.3) is 0 Å². The van der Waals surface area contributed by atoms with Crippen LogP contribution in [0.2, 0.25) is 0 Å². The minimum Gasteiger partial charge on any atom is -0.463 e. The summed E-state index contributed by atoms with van der Waals surface area (Å²) in [5.74, 6) is 1.20. The van der Waals surface area contributed by atoms with Crippen molar-refractivity contribution in [2.75, 3.05) is 37.7 Å². The Morgan fingerprint density at radius 3 is 2.65 bits per heavy atom. The van der Waals surface area contributed by atoms with E-state index in [1.54, 1.807) is 19.1 Å². The van der Waals surface area contributed by atoms with Gasteiger partial charge in [-0.1, -0.05) is 12.1 Å². The SMILES string of the molecule is CCOC(=O)C1=C(CN2CCSCC2)NC(=O)N[C@@H]1c1ccc(F)cc1. The third kappa shape index (κ3) is 4.37. The zero-order valence-electron chi connectivity index (χ0n) is 14.6. The number of nitrogens with zero attached hydrogens (tertiary/aromatic N) is 1. The molecule has 0 unspecified atom stereocenters. The molecule has 0 saturated carbocycles. The van der Waals surface area contributed by atoms with Gasteiger partial charge < -0.3 is 15.4 Å². The second kappa shape index (κ2) is 8.55. The third-order valence-corrected chi connectivity index (χ3v) is 5.28. The van der Waals surface area contributed by atoms with Crippen LogP contribution in [0.5, 0.6) is 0 Å². The van der Waals surface area contributed by atoms with Gasteiger partial charge >= 0.3 is 12.0 Å². The molecule has 0 radical (unpaired) electrons. The molecule has 2 aliphatic heterocycles. The van der Waals surface area contributed by atoms with Crippen LogP contribution in [-0.4, -0.2) is 54.6 Å². The van der Waals surface area contributed by atoms with E-state index in [0.29, 0.717) is 23.4 Å². The maximum Gasteiger partial charge on any atom is 0.338 e. The molecule has 0 aromatic heterocycles. The molecule has 2 aliphatic rings. The van der Waals surface area contributed by atoms with Crippen molar-refractivity contribution in [1.29, 1.82) is 0 Å². The van der Waals surface area contributed by atoms with Gasteiger partial charge in [0.2, 0.25) is 0 Å². The van der Waals surface area contributed by atoms with Crippen LogP contribution in [0, 0.1) is 5.82 Å². The monoisotopic (exact) mass is 379 g/mol. The zero-order valence-corrected chi connectivity index (χ0v) is 15.4. The predicted octanol–water partition coefficient (Wildman–Crippen LogP) is 2.05. The maximum absolute atomic E-state index is 13.3. The van der Waals surface area contributed by atoms with E-state index < -0.39 is 12.0 Å². The molecule has 140 valence electrons. The summed E-state index contributed by atoms with van der Waals surface area (Å²) >= 11 is 1.89. The van der Waals surface area contributed by atoms with Crippen molar-refractivity contribution in [1.82, 2.24) is 15.5 Å². The van der Waals surface area contributed by atoms with Crippen molar-refractivity contribution in [2.45, 2.75) is 13.0 Å². The minimum absolute atomic E-state index is 0.236. The summed E-state index contributed by atoms with van der Waals surface area (Å²) in [6.45, 7) is 4.24. The molecule has 2 heterocycles. The molecule has 1 aromatic rings. The van der Waals surface area contributed by atoms with Crippen molar-refractivity contribution in [3.63, 3.8) is 0 Å². The Morgan fingerprint density at radius 1 is 1.31 bits per heavy atom. The number of amides is 2. The second-order valence-corrected chi connectivity index (χ2v) is 7.31. The average molecular weight is 379 g/mol. The smallest absolute Gasteiger partial charge is 0.338 e. The Balaban J connectivity index is 1.96. The molecule has 3 rings (SSSR count). The summed E-state index contributed by atoms with van der Waals surface area (Å²) in [5.41, 5.74) is 1.56. The molecule has 8 heteroatoms.